The van der Waals surface area contributed by atoms with Crippen LogP contribution in [0.5, 0.6) is 0 Å². The van der Waals surface area contributed by atoms with Gasteiger partial charge in [-0.25, -0.2) is 13.2 Å². The fourth-order valence-corrected chi connectivity index (χ4v) is 0.597. The minimum Gasteiger partial charge on any atom is -0.240 e. The maximum Gasteiger partial charge on any atom is 0.425 e. The molecule has 0 rings (SSSR count). The van der Waals surface area contributed by atoms with Crippen LogP contribution in [-0.2, 0) is 0 Å². The minimum absolute atomic E-state index is 0.490. The molecule has 0 aliphatic carbocycles. The Hall–Kier alpha value is -0.630. The second-order valence-corrected chi connectivity index (χ2v) is 2.92. The van der Waals surface area contributed by atoms with E-state index in [-0.39, 0.29) is 0 Å². The summed E-state index contributed by atoms with van der Waals surface area (Å²) in [6.45, 7) is -0.490. The van der Waals surface area contributed by atoms with Crippen LogP contribution in [0.3, 0.4) is 0 Å². The first kappa shape index (κ1) is 14.4. The van der Waals surface area contributed by atoms with Crippen LogP contribution >= 0.6 is 0 Å². The van der Waals surface area contributed by atoms with Gasteiger partial charge in [-0.05, 0) is 6.92 Å². The van der Waals surface area contributed by atoms with E-state index in [0.29, 0.717) is 0 Å². The van der Waals surface area contributed by atoms with Crippen LogP contribution < -0.4 is 0 Å². The van der Waals surface area contributed by atoms with E-state index in [2.05, 4.69) is 0 Å². The van der Waals surface area contributed by atoms with Gasteiger partial charge in [0.25, 0.3) is 0 Å². The van der Waals surface area contributed by atoms with Crippen LogP contribution in [0.4, 0.5) is 39.5 Å². The van der Waals surface area contributed by atoms with Gasteiger partial charge in [0.15, 0.2) is 6.17 Å². The highest BCUT2D eigenvalue weighted by atomic mass is 19.4. The molecule has 0 spiro atoms. The lowest BCUT2D eigenvalue weighted by Gasteiger charge is -2.29. The molecule has 0 radical (unpaired) electrons. The third kappa shape index (κ3) is 2.91. The van der Waals surface area contributed by atoms with Crippen molar-refractivity contribution in [3.05, 3.63) is 0 Å². The van der Waals surface area contributed by atoms with Crippen LogP contribution in [0.25, 0.3) is 0 Å². The Balaban J connectivity index is 4.94. The van der Waals surface area contributed by atoms with Crippen LogP contribution in [0.15, 0.2) is 0 Å². The van der Waals surface area contributed by atoms with Gasteiger partial charge in [-0.15, -0.1) is 0 Å². The van der Waals surface area contributed by atoms with Crippen LogP contribution in [0, 0.1) is 0 Å². The van der Waals surface area contributed by atoms with Gasteiger partial charge < -0.3 is 0 Å². The lowest BCUT2D eigenvalue weighted by molar-refractivity contribution is -0.274. The zero-order valence-corrected chi connectivity index (χ0v) is 7.06. The molecule has 0 heterocycles. The molecule has 0 fully saturated rings. The molecule has 15 heavy (non-hydrogen) atoms. The normalized spacial score (nSPS) is 22.0. The van der Waals surface area contributed by atoms with Gasteiger partial charge >= 0.3 is 12.4 Å². The molecule has 0 saturated carbocycles. The van der Waals surface area contributed by atoms with Gasteiger partial charge in [-0.2, -0.15) is 26.3 Å². The van der Waals surface area contributed by atoms with E-state index >= 15 is 0 Å². The third-order valence-electron chi connectivity index (χ3n) is 1.64. The van der Waals surface area contributed by atoms with E-state index in [9.17, 15) is 39.5 Å². The minimum atomic E-state index is -5.91. The fourth-order valence-electron chi connectivity index (χ4n) is 0.597. The van der Waals surface area contributed by atoms with Crippen molar-refractivity contribution in [1.29, 1.82) is 0 Å². The summed E-state index contributed by atoms with van der Waals surface area (Å²) in [6.07, 6.45) is -20.7. The van der Waals surface area contributed by atoms with Crippen molar-refractivity contribution in [2.24, 2.45) is 0 Å². The molecule has 92 valence electrons. The Kier molecular flexibility index (Phi) is 3.59. The zero-order chi connectivity index (χ0) is 12.7. The lowest BCUT2D eigenvalue weighted by atomic mass is 9.98. The van der Waals surface area contributed by atoms with E-state index in [1.807, 2.05) is 0 Å². The van der Waals surface area contributed by atoms with Crippen LogP contribution in [0.1, 0.15) is 6.92 Å². The zero-order valence-electron chi connectivity index (χ0n) is 7.06. The maximum absolute atomic E-state index is 12.5. The first-order valence-corrected chi connectivity index (χ1v) is 3.42. The van der Waals surface area contributed by atoms with Crippen molar-refractivity contribution in [3.8, 4) is 0 Å². The Bertz CT molecular complexity index is 212. The smallest absolute Gasteiger partial charge is 0.240 e. The van der Waals surface area contributed by atoms with Gasteiger partial charge in [-0.1, -0.05) is 0 Å². The molecule has 0 N–H and O–H groups in total. The van der Waals surface area contributed by atoms with E-state index in [1.54, 1.807) is 0 Å². The van der Waals surface area contributed by atoms with Gasteiger partial charge in [-0.3, -0.25) is 0 Å². The summed E-state index contributed by atoms with van der Waals surface area (Å²) >= 11 is 0. The summed E-state index contributed by atoms with van der Waals surface area (Å²) in [5.74, 6) is 0. The first-order valence-electron chi connectivity index (χ1n) is 3.42. The predicted molar refractivity (Wildman–Crippen MR) is 31.4 cm³/mol. The van der Waals surface area contributed by atoms with Gasteiger partial charge in [0.2, 0.25) is 11.8 Å². The van der Waals surface area contributed by atoms with Crippen molar-refractivity contribution < 1.29 is 39.5 Å². The lowest BCUT2D eigenvalue weighted by Crippen LogP contribution is -2.53. The molecule has 0 aromatic rings. The molecule has 0 bridgehead atoms. The van der Waals surface area contributed by atoms with Gasteiger partial charge in [0, 0.05) is 0 Å². The molecule has 0 aromatic heterocycles. The van der Waals surface area contributed by atoms with Crippen molar-refractivity contribution in [2.75, 3.05) is 0 Å². The summed E-state index contributed by atoms with van der Waals surface area (Å²) < 4.78 is 106. The molecule has 0 saturated heterocycles. The van der Waals surface area contributed by atoms with Gasteiger partial charge in [0.1, 0.15) is 0 Å². The highest BCUT2D eigenvalue weighted by Gasteiger charge is 2.64. The summed E-state index contributed by atoms with van der Waals surface area (Å²) in [4.78, 5) is 0. The molecule has 0 nitrogen and oxygen atoms in total. The summed E-state index contributed by atoms with van der Waals surface area (Å²) in [6, 6.07) is 0. The van der Waals surface area contributed by atoms with E-state index < -0.39 is 37.3 Å². The number of rotatable bonds is 2. The maximum atomic E-state index is 12.5. The highest BCUT2D eigenvalue weighted by molar-refractivity contribution is 4.96. The van der Waals surface area contributed by atoms with E-state index in [1.165, 1.54) is 0 Å². The summed E-state index contributed by atoms with van der Waals surface area (Å²) in [7, 11) is 0. The Morgan fingerprint density at radius 3 is 1.27 bits per heavy atom. The third-order valence-corrected chi connectivity index (χ3v) is 1.64. The predicted octanol–water partition coefficient (Wildman–Crippen LogP) is 3.52. The number of alkyl halides is 9. The molecule has 0 aliphatic rings. The first-order chi connectivity index (χ1) is 6.32. The summed E-state index contributed by atoms with van der Waals surface area (Å²) in [5.41, 5.74) is -4.89. The average molecular weight is 248 g/mol. The molecular weight excluding hydrogens is 243 g/mol. The molecule has 0 aromatic carbocycles. The van der Waals surface area contributed by atoms with Gasteiger partial charge in [0.05, 0.1) is 0 Å². The van der Waals surface area contributed by atoms with Crippen molar-refractivity contribution >= 4 is 0 Å². The van der Waals surface area contributed by atoms with E-state index in [4.69, 9.17) is 0 Å². The summed E-state index contributed by atoms with van der Waals surface area (Å²) in [5, 5.41) is 0. The number of hydrogen-bond acceptors (Lipinski definition) is 0. The molecule has 3 atom stereocenters. The molecule has 0 amide bonds. The Morgan fingerprint density at radius 1 is 0.733 bits per heavy atom. The topological polar surface area (TPSA) is 0 Å². The standard InChI is InChI=1S/C6H5F9/c1-4(9,6(13,14)15)2(7)3(8)5(10,11)12/h2-3H,1H3. The molecule has 0 aliphatic heterocycles. The van der Waals surface area contributed by atoms with Crippen molar-refractivity contribution in [2.45, 2.75) is 37.3 Å². The highest BCUT2D eigenvalue weighted by Crippen LogP contribution is 2.42. The van der Waals surface area contributed by atoms with Crippen molar-refractivity contribution in [1.82, 2.24) is 0 Å². The molecular formula is C6H5F9. The number of hydrogen-bond donors (Lipinski definition) is 0. The fraction of sp³-hybridized carbons (Fsp3) is 1.00. The quantitative estimate of drug-likeness (QED) is 0.656. The average Bonchev–Trinajstić information content (AvgIpc) is 1.97. The monoisotopic (exact) mass is 248 g/mol. The Morgan fingerprint density at radius 2 is 1.07 bits per heavy atom. The SMILES string of the molecule is CC(F)(C(F)C(F)C(F)(F)F)C(F)(F)F. The van der Waals surface area contributed by atoms with Crippen LogP contribution in [0.2, 0.25) is 0 Å². The second kappa shape index (κ2) is 3.75. The Labute approximate surface area is 78.1 Å². The van der Waals surface area contributed by atoms with Crippen LogP contribution in [-0.4, -0.2) is 30.4 Å². The molecule has 3 unspecified atom stereocenters. The second-order valence-electron chi connectivity index (χ2n) is 2.92. The largest absolute Gasteiger partial charge is 0.425 e. The number of halogens is 9. The van der Waals surface area contributed by atoms with E-state index in [0.717, 1.165) is 0 Å². The molecule has 9 heteroatoms. The van der Waals surface area contributed by atoms with Crippen molar-refractivity contribution in [3.63, 3.8) is 0 Å².